The number of hydrogen-bond acceptors (Lipinski definition) is 3. The van der Waals surface area contributed by atoms with E-state index in [0.29, 0.717) is 5.56 Å². The van der Waals surface area contributed by atoms with Crippen LogP contribution in [0.1, 0.15) is 10.4 Å². The number of benzene rings is 1. The lowest BCUT2D eigenvalue weighted by atomic mass is 10.2. The van der Waals surface area contributed by atoms with E-state index in [4.69, 9.17) is 5.11 Å². The Kier molecular flexibility index (Phi) is 5.03. The first-order valence-corrected chi connectivity index (χ1v) is 5.43. The molecule has 1 aromatic carbocycles. The van der Waals surface area contributed by atoms with Crippen LogP contribution in [0.25, 0.3) is 0 Å². The van der Waals surface area contributed by atoms with Crippen LogP contribution in [-0.2, 0) is 0 Å². The van der Waals surface area contributed by atoms with Crippen molar-refractivity contribution in [2.75, 3.05) is 25.5 Å². The van der Waals surface area contributed by atoms with E-state index in [2.05, 4.69) is 5.32 Å². The van der Waals surface area contributed by atoms with Crippen LogP contribution in [0.5, 0.6) is 0 Å². The summed E-state index contributed by atoms with van der Waals surface area (Å²) in [6.45, 7) is -0.466. The van der Waals surface area contributed by atoms with Gasteiger partial charge in [-0.15, -0.1) is 0 Å². The van der Waals surface area contributed by atoms with Gasteiger partial charge < -0.3 is 15.3 Å². The number of rotatable bonds is 5. The number of amides is 1. The van der Waals surface area contributed by atoms with Crippen molar-refractivity contribution < 1.29 is 18.7 Å². The molecule has 1 aromatic rings. The van der Waals surface area contributed by atoms with Crippen molar-refractivity contribution in [3.8, 4) is 0 Å². The molecule has 0 aromatic heterocycles. The monoisotopic (exact) mass is 258 g/mol. The van der Waals surface area contributed by atoms with Gasteiger partial charge in [0.1, 0.15) is 6.10 Å². The maximum Gasteiger partial charge on any atom is 0.265 e. The summed E-state index contributed by atoms with van der Waals surface area (Å²) in [5.74, 6) is -0.486. The highest BCUT2D eigenvalue weighted by molar-refractivity contribution is 5.94. The van der Waals surface area contributed by atoms with E-state index in [9.17, 15) is 13.6 Å². The van der Waals surface area contributed by atoms with Crippen molar-refractivity contribution >= 4 is 11.6 Å². The van der Waals surface area contributed by atoms with E-state index >= 15 is 0 Å². The lowest BCUT2D eigenvalue weighted by Crippen LogP contribution is -2.35. The van der Waals surface area contributed by atoms with E-state index in [1.165, 1.54) is 0 Å². The molecule has 0 radical (unpaired) electrons. The predicted octanol–water partition coefficient (Wildman–Crippen LogP) is 1.11. The third-order valence-corrected chi connectivity index (χ3v) is 2.41. The maximum atomic E-state index is 12.0. The zero-order chi connectivity index (χ0) is 13.7. The van der Waals surface area contributed by atoms with Gasteiger partial charge in [0.15, 0.2) is 0 Å². The second kappa shape index (κ2) is 6.30. The Morgan fingerprint density at radius 3 is 2.33 bits per heavy atom. The van der Waals surface area contributed by atoms with E-state index in [1.807, 2.05) is 19.0 Å². The van der Waals surface area contributed by atoms with Gasteiger partial charge in [0.05, 0.1) is 0 Å². The quantitative estimate of drug-likeness (QED) is 0.831. The molecular weight excluding hydrogens is 242 g/mol. The summed E-state index contributed by atoms with van der Waals surface area (Å²) in [7, 11) is 3.74. The van der Waals surface area contributed by atoms with E-state index in [0.717, 1.165) is 5.69 Å². The highest BCUT2D eigenvalue weighted by Crippen LogP contribution is 2.12. The highest BCUT2D eigenvalue weighted by Gasteiger charge is 2.17. The predicted molar refractivity (Wildman–Crippen MR) is 65.1 cm³/mol. The smallest absolute Gasteiger partial charge is 0.265 e. The Hall–Kier alpha value is -1.69. The fourth-order valence-corrected chi connectivity index (χ4v) is 1.30. The molecule has 1 rings (SSSR count). The summed E-state index contributed by atoms with van der Waals surface area (Å²) in [5.41, 5.74) is 1.29. The van der Waals surface area contributed by atoms with Crippen molar-refractivity contribution in [2.24, 2.45) is 0 Å². The molecule has 18 heavy (non-hydrogen) atoms. The van der Waals surface area contributed by atoms with Crippen LogP contribution < -0.4 is 10.2 Å². The number of aliphatic hydroxyl groups excluding tert-OH is 1. The van der Waals surface area contributed by atoms with Gasteiger partial charge in [0.2, 0.25) is 0 Å². The van der Waals surface area contributed by atoms with Crippen LogP contribution >= 0.6 is 0 Å². The zero-order valence-electron chi connectivity index (χ0n) is 10.2. The molecule has 100 valence electrons. The minimum Gasteiger partial charge on any atom is -0.385 e. The number of nitrogens with one attached hydrogen (secondary N) is 1. The molecule has 6 heteroatoms. The summed E-state index contributed by atoms with van der Waals surface area (Å²) in [6.07, 6.45) is -4.70. The molecule has 0 heterocycles. The fourth-order valence-electron chi connectivity index (χ4n) is 1.30. The normalized spacial score (nSPS) is 12.3. The van der Waals surface area contributed by atoms with E-state index in [1.54, 1.807) is 24.3 Å². The molecule has 0 aliphatic rings. The summed E-state index contributed by atoms with van der Waals surface area (Å²) < 4.78 is 24.0. The number of hydrogen-bond donors (Lipinski definition) is 2. The van der Waals surface area contributed by atoms with Gasteiger partial charge in [-0.25, -0.2) is 8.78 Å². The van der Waals surface area contributed by atoms with Crippen molar-refractivity contribution in [3.05, 3.63) is 29.8 Å². The summed E-state index contributed by atoms with van der Waals surface area (Å²) >= 11 is 0. The molecule has 1 unspecified atom stereocenters. The van der Waals surface area contributed by atoms with Gasteiger partial charge in [-0.1, -0.05) is 0 Å². The Balaban J connectivity index is 2.57. The van der Waals surface area contributed by atoms with Gasteiger partial charge in [-0.2, -0.15) is 0 Å². The molecule has 0 saturated carbocycles. The van der Waals surface area contributed by atoms with Crippen LogP contribution in [0.4, 0.5) is 14.5 Å². The second-order valence-electron chi connectivity index (χ2n) is 4.05. The van der Waals surface area contributed by atoms with Gasteiger partial charge >= 0.3 is 0 Å². The Morgan fingerprint density at radius 1 is 1.33 bits per heavy atom. The Bertz CT molecular complexity index is 394. The molecular formula is C12H16F2N2O2. The van der Waals surface area contributed by atoms with E-state index in [-0.39, 0.29) is 0 Å². The molecule has 0 saturated heterocycles. The molecule has 4 nitrogen and oxygen atoms in total. The van der Waals surface area contributed by atoms with Crippen LogP contribution in [-0.4, -0.2) is 44.2 Å². The molecule has 2 N–H and O–H groups in total. The van der Waals surface area contributed by atoms with Gasteiger partial charge in [-0.3, -0.25) is 4.79 Å². The lowest BCUT2D eigenvalue weighted by molar-refractivity contribution is -0.00270. The number of nitrogens with zero attached hydrogens (tertiary/aromatic N) is 1. The van der Waals surface area contributed by atoms with Crippen molar-refractivity contribution in [3.63, 3.8) is 0 Å². The first-order chi connectivity index (χ1) is 8.41. The van der Waals surface area contributed by atoms with E-state index < -0.39 is 25.0 Å². The molecule has 0 spiro atoms. The number of anilines is 1. The van der Waals surface area contributed by atoms with Crippen molar-refractivity contribution in [1.82, 2.24) is 5.32 Å². The third kappa shape index (κ3) is 3.96. The minimum atomic E-state index is -2.86. The highest BCUT2D eigenvalue weighted by atomic mass is 19.3. The van der Waals surface area contributed by atoms with Gasteiger partial charge in [0, 0.05) is 31.9 Å². The standard InChI is InChI=1S/C12H16F2N2O2/c1-16(2)9-5-3-8(4-6-9)12(18)15-7-10(17)11(13)14/h3-6,10-11,17H,7H2,1-2H3,(H,15,18). The number of alkyl halides is 2. The topological polar surface area (TPSA) is 52.6 Å². The Morgan fingerprint density at radius 2 is 1.89 bits per heavy atom. The molecule has 0 fully saturated rings. The van der Waals surface area contributed by atoms with Crippen LogP contribution in [0.3, 0.4) is 0 Å². The first kappa shape index (κ1) is 14.4. The van der Waals surface area contributed by atoms with Crippen molar-refractivity contribution in [2.45, 2.75) is 12.5 Å². The van der Waals surface area contributed by atoms with Crippen LogP contribution in [0.2, 0.25) is 0 Å². The average Bonchev–Trinajstić information content (AvgIpc) is 2.35. The summed E-state index contributed by atoms with van der Waals surface area (Å²) in [4.78, 5) is 13.4. The lowest BCUT2D eigenvalue weighted by Gasteiger charge is -2.13. The number of halogens is 2. The molecule has 0 aliphatic heterocycles. The van der Waals surface area contributed by atoms with Crippen LogP contribution in [0.15, 0.2) is 24.3 Å². The average molecular weight is 258 g/mol. The van der Waals surface area contributed by atoms with Gasteiger partial charge in [0.25, 0.3) is 12.3 Å². The van der Waals surface area contributed by atoms with Crippen molar-refractivity contribution in [1.29, 1.82) is 0 Å². The number of carbonyl (C=O) groups excluding carboxylic acids is 1. The minimum absolute atomic E-state index is 0.363. The SMILES string of the molecule is CN(C)c1ccc(C(=O)NCC(O)C(F)F)cc1. The summed E-state index contributed by atoms with van der Waals surface area (Å²) in [6, 6.07) is 6.69. The molecule has 0 bridgehead atoms. The van der Waals surface area contributed by atoms with Crippen LogP contribution in [0, 0.1) is 0 Å². The largest absolute Gasteiger partial charge is 0.385 e. The first-order valence-electron chi connectivity index (χ1n) is 5.43. The fraction of sp³-hybridized carbons (Fsp3) is 0.417. The summed E-state index contributed by atoms with van der Waals surface area (Å²) in [5, 5.41) is 11.1. The molecule has 1 atom stereocenters. The second-order valence-corrected chi connectivity index (χ2v) is 4.05. The molecule has 1 amide bonds. The zero-order valence-corrected chi connectivity index (χ0v) is 10.2. The number of carbonyl (C=O) groups is 1. The Labute approximate surface area is 104 Å². The number of aliphatic hydroxyl groups is 1. The third-order valence-electron chi connectivity index (χ3n) is 2.41. The molecule has 0 aliphatic carbocycles. The maximum absolute atomic E-state index is 12.0. The van der Waals surface area contributed by atoms with Gasteiger partial charge in [-0.05, 0) is 24.3 Å².